The molecule has 2 aliphatic heterocycles. The van der Waals surface area contributed by atoms with E-state index in [0.29, 0.717) is 5.96 Å². The lowest BCUT2D eigenvalue weighted by Gasteiger charge is -2.42. The first kappa shape index (κ1) is 12.7. The number of nitrogens with two attached hydrogens (primary N) is 1. The van der Waals surface area contributed by atoms with Gasteiger partial charge in [-0.25, -0.2) is 0 Å². The first-order valence-electron chi connectivity index (χ1n) is 6.58. The summed E-state index contributed by atoms with van der Waals surface area (Å²) in [6.07, 6.45) is 2.25. The highest BCUT2D eigenvalue weighted by Crippen LogP contribution is 2.41. The van der Waals surface area contributed by atoms with Gasteiger partial charge in [0.15, 0.2) is 5.96 Å². The van der Waals surface area contributed by atoms with E-state index in [1.165, 1.54) is 11.5 Å². The van der Waals surface area contributed by atoms with Gasteiger partial charge in [0.2, 0.25) is 0 Å². The summed E-state index contributed by atoms with van der Waals surface area (Å²) in [7, 11) is 1.70. The van der Waals surface area contributed by atoms with E-state index >= 15 is 0 Å². The average molecular weight is 277 g/mol. The number of rotatable bonds is 2. The molecule has 102 valence electrons. The highest BCUT2D eigenvalue weighted by molar-refractivity contribution is 7.99. The summed E-state index contributed by atoms with van der Waals surface area (Å²) in [5.74, 6) is 3.83. The molecule has 19 heavy (non-hydrogen) atoms. The molecule has 2 N–H and O–H groups in total. The Labute approximate surface area is 118 Å². The molecule has 1 aromatic carbocycles. The van der Waals surface area contributed by atoms with Gasteiger partial charge in [0.1, 0.15) is 5.75 Å². The number of methoxy groups -OCH3 is 1. The monoisotopic (exact) mass is 277 g/mol. The van der Waals surface area contributed by atoms with Gasteiger partial charge in [-0.2, -0.15) is 11.8 Å². The molecule has 0 radical (unpaired) electrons. The minimum absolute atomic E-state index is 0.0595. The van der Waals surface area contributed by atoms with Crippen molar-refractivity contribution in [1.29, 1.82) is 0 Å². The van der Waals surface area contributed by atoms with Crippen LogP contribution in [-0.4, -0.2) is 36.7 Å². The molecule has 2 heterocycles. The lowest BCUT2D eigenvalue weighted by atomic mass is 9.90. The molecular formula is C14H19N3OS. The summed E-state index contributed by atoms with van der Waals surface area (Å²) in [4.78, 5) is 6.70. The predicted octanol–water partition coefficient (Wildman–Crippen LogP) is 2.10. The van der Waals surface area contributed by atoms with Gasteiger partial charge in [0.25, 0.3) is 0 Å². The lowest BCUT2D eigenvalue weighted by Crippen LogP contribution is -2.54. The van der Waals surface area contributed by atoms with Crippen LogP contribution in [0.5, 0.6) is 5.75 Å². The van der Waals surface area contributed by atoms with Gasteiger partial charge in [0.05, 0.1) is 24.9 Å². The van der Waals surface area contributed by atoms with Crippen LogP contribution in [0.1, 0.15) is 12.8 Å². The second kappa shape index (κ2) is 4.96. The number of thioether (sulfide) groups is 1. The van der Waals surface area contributed by atoms with Crippen molar-refractivity contribution in [2.45, 2.75) is 18.4 Å². The molecule has 2 aliphatic rings. The zero-order valence-electron chi connectivity index (χ0n) is 11.1. The van der Waals surface area contributed by atoms with E-state index in [9.17, 15) is 0 Å². The van der Waals surface area contributed by atoms with Crippen molar-refractivity contribution in [1.82, 2.24) is 0 Å². The number of guanidine groups is 1. The summed E-state index contributed by atoms with van der Waals surface area (Å²) in [6.45, 7) is 0.803. The summed E-state index contributed by atoms with van der Waals surface area (Å²) >= 11 is 2.01. The lowest BCUT2D eigenvalue weighted by molar-refractivity contribution is 0.398. The number of hydrogen-bond donors (Lipinski definition) is 1. The number of aliphatic imine (C=N–C) groups is 1. The molecule has 0 saturated carbocycles. The minimum Gasteiger partial charge on any atom is -0.495 e. The number of ether oxygens (including phenoxy) is 1. The Morgan fingerprint density at radius 1 is 1.32 bits per heavy atom. The Morgan fingerprint density at radius 2 is 2.05 bits per heavy atom. The third-order valence-corrected chi connectivity index (χ3v) is 4.97. The molecule has 5 heteroatoms. The molecule has 0 unspecified atom stereocenters. The van der Waals surface area contributed by atoms with Crippen molar-refractivity contribution < 1.29 is 4.74 Å². The molecule has 0 atom stereocenters. The van der Waals surface area contributed by atoms with E-state index < -0.39 is 0 Å². The molecule has 0 amide bonds. The zero-order valence-corrected chi connectivity index (χ0v) is 11.9. The van der Waals surface area contributed by atoms with Crippen LogP contribution in [0.15, 0.2) is 29.3 Å². The van der Waals surface area contributed by atoms with Crippen LogP contribution in [0.25, 0.3) is 0 Å². The van der Waals surface area contributed by atoms with Gasteiger partial charge in [-0.1, -0.05) is 12.1 Å². The summed E-state index contributed by atoms with van der Waals surface area (Å²) in [6, 6.07) is 8.05. The number of para-hydroxylation sites is 2. The SMILES string of the molecule is COc1ccccc1N1C(N)=NCC12CCSCC2. The van der Waals surface area contributed by atoms with Gasteiger partial charge in [-0.15, -0.1) is 0 Å². The van der Waals surface area contributed by atoms with E-state index in [0.717, 1.165) is 30.8 Å². The van der Waals surface area contributed by atoms with Crippen molar-refractivity contribution >= 4 is 23.4 Å². The Bertz CT molecular complexity index is 497. The van der Waals surface area contributed by atoms with Crippen molar-refractivity contribution in [2.24, 2.45) is 10.7 Å². The second-order valence-corrected chi connectivity index (χ2v) is 6.24. The molecule has 1 saturated heterocycles. The summed E-state index contributed by atoms with van der Waals surface area (Å²) in [5.41, 5.74) is 7.25. The second-order valence-electron chi connectivity index (χ2n) is 5.02. The average Bonchev–Trinajstić information content (AvgIpc) is 2.76. The molecule has 1 aromatic rings. The third-order valence-electron chi connectivity index (χ3n) is 3.99. The van der Waals surface area contributed by atoms with E-state index in [4.69, 9.17) is 10.5 Å². The zero-order chi connectivity index (χ0) is 13.3. The van der Waals surface area contributed by atoms with Crippen LogP contribution in [-0.2, 0) is 0 Å². The van der Waals surface area contributed by atoms with Crippen molar-refractivity contribution in [3.63, 3.8) is 0 Å². The maximum atomic E-state index is 6.15. The topological polar surface area (TPSA) is 50.9 Å². The first-order valence-corrected chi connectivity index (χ1v) is 7.73. The van der Waals surface area contributed by atoms with Gasteiger partial charge >= 0.3 is 0 Å². The highest BCUT2D eigenvalue weighted by Gasteiger charge is 2.44. The molecular weight excluding hydrogens is 258 g/mol. The Balaban J connectivity index is 2.02. The van der Waals surface area contributed by atoms with Crippen LogP contribution < -0.4 is 15.4 Å². The predicted molar refractivity (Wildman–Crippen MR) is 81.3 cm³/mol. The van der Waals surface area contributed by atoms with Gasteiger partial charge in [0, 0.05) is 0 Å². The van der Waals surface area contributed by atoms with E-state index in [2.05, 4.69) is 16.0 Å². The summed E-state index contributed by atoms with van der Waals surface area (Å²) < 4.78 is 5.48. The van der Waals surface area contributed by atoms with E-state index in [1.54, 1.807) is 7.11 Å². The normalized spacial score (nSPS) is 21.5. The molecule has 0 aromatic heterocycles. The van der Waals surface area contributed by atoms with Crippen LogP contribution >= 0.6 is 11.8 Å². The van der Waals surface area contributed by atoms with E-state index in [1.807, 2.05) is 30.0 Å². The minimum atomic E-state index is 0.0595. The Hall–Kier alpha value is -1.36. The maximum Gasteiger partial charge on any atom is 0.196 e. The standard InChI is InChI=1S/C14H19N3OS/c1-18-12-5-3-2-4-11(12)17-13(15)16-10-14(17)6-8-19-9-7-14/h2-5H,6-10H2,1H3,(H2,15,16). The number of benzene rings is 1. The first-order chi connectivity index (χ1) is 9.27. The van der Waals surface area contributed by atoms with Gasteiger partial charge in [-0.3, -0.25) is 4.99 Å². The Kier molecular flexibility index (Phi) is 3.31. The fourth-order valence-electron chi connectivity index (χ4n) is 2.94. The Morgan fingerprint density at radius 3 is 2.79 bits per heavy atom. The van der Waals surface area contributed by atoms with Gasteiger partial charge < -0.3 is 15.4 Å². The van der Waals surface area contributed by atoms with Crippen LogP contribution in [0, 0.1) is 0 Å². The van der Waals surface area contributed by atoms with Crippen LogP contribution in [0.3, 0.4) is 0 Å². The van der Waals surface area contributed by atoms with Crippen molar-refractivity contribution in [3.8, 4) is 5.75 Å². The molecule has 0 aliphatic carbocycles. The van der Waals surface area contributed by atoms with Crippen molar-refractivity contribution in [3.05, 3.63) is 24.3 Å². The highest BCUT2D eigenvalue weighted by atomic mass is 32.2. The van der Waals surface area contributed by atoms with Crippen LogP contribution in [0.4, 0.5) is 5.69 Å². The largest absolute Gasteiger partial charge is 0.495 e. The molecule has 4 nitrogen and oxygen atoms in total. The molecule has 0 bridgehead atoms. The van der Waals surface area contributed by atoms with Gasteiger partial charge in [-0.05, 0) is 36.5 Å². The van der Waals surface area contributed by atoms with Crippen molar-refractivity contribution in [2.75, 3.05) is 30.1 Å². The quantitative estimate of drug-likeness (QED) is 0.899. The molecule has 1 spiro atoms. The maximum absolute atomic E-state index is 6.15. The number of nitrogens with zero attached hydrogens (tertiary/aromatic N) is 2. The fourth-order valence-corrected chi connectivity index (χ4v) is 4.19. The third kappa shape index (κ3) is 2.06. The number of anilines is 1. The van der Waals surface area contributed by atoms with E-state index in [-0.39, 0.29) is 5.54 Å². The van der Waals surface area contributed by atoms with Crippen LogP contribution in [0.2, 0.25) is 0 Å². The number of hydrogen-bond acceptors (Lipinski definition) is 5. The molecule has 1 fully saturated rings. The smallest absolute Gasteiger partial charge is 0.196 e. The summed E-state index contributed by atoms with van der Waals surface area (Å²) in [5, 5.41) is 0. The molecule has 3 rings (SSSR count). The fraction of sp³-hybridized carbons (Fsp3) is 0.500.